The van der Waals surface area contributed by atoms with Gasteiger partial charge in [-0.15, -0.1) is 0 Å². The van der Waals surface area contributed by atoms with E-state index >= 15 is 0 Å². The Balaban J connectivity index is 2.54. The summed E-state index contributed by atoms with van der Waals surface area (Å²) in [7, 11) is -3.38. The van der Waals surface area contributed by atoms with Gasteiger partial charge in [0.05, 0.1) is 0 Å². The van der Waals surface area contributed by atoms with E-state index in [1.54, 1.807) is 12.1 Å². The number of ether oxygens (including phenoxy) is 1. The van der Waals surface area contributed by atoms with Gasteiger partial charge in [0.1, 0.15) is 6.61 Å². The van der Waals surface area contributed by atoms with Crippen molar-refractivity contribution >= 4 is 15.8 Å². The van der Waals surface area contributed by atoms with Crippen LogP contribution in [0.15, 0.2) is 30.3 Å². The highest BCUT2D eigenvalue weighted by atomic mass is 32.2. The van der Waals surface area contributed by atoms with E-state index in [1.807, 2.05) is 18.2 Å². The van der Waals surface area contributed by atoms with Gasteiger partial charge < -0.3 is 4.74 Å². The molecule has 0 aromatic heterocycles. The Morgan fingerprint density at radius 1 is 1.31 bits per heavy atom. The topological polar surface area (TPSA) is 60.4 Å². The predicted molar refractivity (Wildman–Crippen MR) is 60.5 cm³/mol. The van der Waals surface area contributed by atoms with Crippen molar-refractivity contribution in [1.29, 1.82) is 0 Å². The normalized spacial score (nSPS) is 13.1. The molecule has 88 valence electrons. The van der Waals surface area contributed by atoms with Gasteiger partial charge in [0.15, 0.2) is 15.1 Å². The molecule has 1 atom stereocenters. The quantitative estimate of drug-likeness (QED) is 0.743. The molecule has 0 fully saturated rings. The standard InChI is InChI=1S/C11H14O4S/c1-9(16(2,13)14)11(12)15-8-10-6-4-3-5-7-10/h3-7,9H,8H2,1-2H3/t9-/m0/s1. The van der Waals surface area contributed by atoms with E-state index in [-0.39, 0.29) is 6.61 Å². The predicted octanol–water partition coefficient (Wildman–Crippen LogP) is 1.16. The minimum atomic E-state index is -3.38. The van der Waals surface area contributed by atoms with Crippen LogP contribution in [-0.4, -0.2) is 25.9 Å². The fourth-order valence-electron chi connectivity index (χ4n) is 1.02. The van der Waals surface area contributed by atoms with Crippen LogP contribution < -0.4 is 0 Å². The van der Waals surface area contributed by atoms with E-state index in [4.69, 9.17) is 4.74 Å². The van der Waals surface area contributed by atoms with Crippen molar-refractivity contribution in [3.8, 4) is 0 Å². The molecule has 5 heteroatoms. The lowest BCUT2D eigenvalue weighted by molar-refractivity contribution is -0.144. The average molecular weight is 242 g/mol. The minimum Gasteiger partial charge on any atom is -0.460 e. The summed E-state index contributed by atoms with van der Waals surface area (Å²) < 4.78 is 27.1. The van der Waals surface area contributed by atoms with Crippen LogP contribution in [0.2, 0.25) is 0 Å². The second-order valence-electron chi connectivity index (χ2n) is 3.57. The maximum atomic E-state index is 11.4. The molecule has 0 aliphatic rings. The molecule has 0 amide bonds. The molecule has 0 saturated carbocycles. The molecule has 0 radical (unpaired) electrons. The van der Waals surface area contributed by atoms with Crippen LogP contribution in [0, 0.1) is 0 Å². The first kappa shape index (κ1) is 12.7. The molecule has 0 saturated heterocycles. The molecular formula is C11H14O4S. The number of rotatable bonds is 4. The smallest absolute Gasteiger partial charge is 0.324 e. The van der Waals surface area contributed by atoms with Crippen LogP contribution in [0.4, 0.5) is 0 Å². The molecule has 4 nitrogen and oxygen atoms in total. The SMILES string of the molecule is C[C@@H](C(=O)OCc1ccccc1)S(C)(=O)=O. The lowest BCUT2D eigenvalue weighted by atomic mass is 10.2. The van der Waals surface area contributed by atoms with Crippen molar-refractivity contribution in [1.82, 2.24) is 0 Å². The summed E-state index contributed by atoms with van der Waals surface area (Å²) in [6.07, 6.45) is 1.02. The van der Waals surface area contributed by atoms with Crippen molar-refractivity contribution in [2.24, 2.45) is 0 Å². The monoisotopic (exact) mass is 242 g/mol. The Morgan fingerprint density at radius 2 is 1.88 bits per heavy atom. The van der Waals surface area contributed by atoms with Gasteiger partial charge in [0, 0.05) is 6.26 Å². The third kappa shape index (κ3) is 3.66. The van der Waals surface area contributed by atoms with Crippen LogP contribution in [0.1, 0.15) is 12.5 Å². The van der Waals surface area contributed by atoms with Crippen molar-refractivity contribution in [2.75, 3.05) is 6.26 Å². The largest absolute Gasteiger partial charge is 0.460 e. The number of sulfone groups is 1. The van der Waals surface area contributed by atoms with Crippen LogP contribution >= 0.6 is 0 Å². The third-order valence-electron chi connectivity index (χ3n) is 2.20. The molecule has 1 aromatic carbocycles. The van der Waals surface area contributed by atoms with Gasteiger partial charge in [-0.1, -0.05) is 30.3 Å². The number of hydrogen-bond acceptors (Lipinski definition) is 4. The van der Waals surface area contributed by atoms with Crippen LogP contribution in [-0.2, 0) is 26.0 Å². The Labute approximate surface area is 95.2 Å². The van der Waals surface area contributed by atoms with Gasteiger partial charge in [-0.05, 0) is 12.5 Å². The van der Waals surface area contributed by atoms with E-state index in [0.717, 1.165) is 11.8 Å². The van der Waals surface area contributed by atoms with Gasteiger partial charge in [0.25, 0.3) is 0 Å². The van der Waals surface area contributed by atoms with Gasteiger partial charge in [0.2, 0.25) is 0 Å². The summed E-state index contributed by atoms with van der Waals surface area (Å²) in [5.74, 6) is -0.716. The fraction of sp³-hybridized carbons (Fsp3) is 0.364. The summed E-state index contributed by atoms with van der Waals surface area (Å²) >= 11 is 0. The molecule has 0 unspecified atom stereocenters. The van der Waals surface area contributed by atoms with Crippen molar-refractivity contribution in [3.63, 3.8) is 0 Å². The minimum absolute atomic E-state index is 0.0968. The average Bonchev–Trinajstić information content (AvgIpc) is 2.25. The van der Waals surface area contributed by atoms with Crippen molar-refractivity contribution < 1.29 is 17.9 Å². The van der Waals surface area contributed by atoms with Gasteiger partial charge in [-0.25, -0.2) is 8.42 Å². The first-order valence-electron chi connectivity index (χ1n) is 4.80. The Morgan fingerprint density at radius 3 is 2.38 bits per heavy atom. The van der Waals surface area contributed by atoms with E-state index in [9.17, 15) is 13.2 Å². The Kier molecular flexibility index (Phi) is 4.06. The lowest BCUT2D eigenvalue weighted by Crippen LogP contribution is -2.28. The summed E-state index contributed by atoms with van der Waals surface area (Å²) in [6, 6.07) is 9.10. The van der Waals surface area contributed by atoms with Gasteiger partial charge >= 0.3 is 5.97 Å². The molecule has 0 heterocycles. The molecule has 1 rings (SSSR count). The number of hydrogen-bond donors (Lipinski definition) is 0. The Hall–Kier alpha value is -1.36. The summed E-state index contributed by atoms with van der Waals surface area (Å²) in [6.45, 7) is 1.42. The number of esters is 1. The first-order valence-corrected chi connectivity index (χ1v) is 6.76. The first-order chi connectivity index (χ1) is 7.41. The van der Waals surface area contributed by atoms with E-state index < -0.39 is 21.1 Å². The van der Waals surface area contributed by atoms with E-state index in [0.29, 0.717) is 0 Å². The van der Waals surface area contributed by atoms with Crippen molar-refractivity contribution in [2.45, 2.75) is 18.8 Å². The zero-order chi connectivity index (χ0) is 12.2. The fourth-order valence-corrected chi connectivity index (χ4v) is 1.44. The number of carbonyl (C=O) groups excluding carboxylic acids is 1. The van der Waals surface area contributed by atoms with Crippen LogP contribution in [0.3, 0.4) is 0 Å². The Bertz CT molecular complexity index is 450. The van der Waals surface area contributed by atoms with Crippen LogP contribution in [0.25, 0.3) is 0 Å². The number of carbonyl (C=O) groups is 1. The molecule has 1 aromatic rings. The maximum Gasteiger partial charge on any atom is 0.324 e. The third-order valence-corrected chi connectivity index (χ3v) is 3.67. The van der Waals surface area contributed by atoms with E-state index in [1.165, 1.54) is 6.92 Å². The summed E-state index contributed by atoms with van der Waals surface area (Å²) in [4.78, 5) is 11.4. The molecule has 16 heavy (non-hydrogen) atoms. The molecule has 0 spiro atoms. The maximum absolute atomic E-state index is 11.4. The lowest BCUT2D eigenvalue weighted by Gasteiger charge is -2.09. The molecule has 0 aliphatic heterocycles. The molecule has 0 N–H and O–H groups in total. The summed E-state index contributed by atoms with van der Waals surface area (Å²) in [5, 5.41) is -1.11. The highest BCUT2D eigenvalue weighted by molar-refractivity contribution is 7.92. The second-order valence-corrected chi connectivity index (χ2v) is 5.93. The molecule has 0 aliphatic carbocycles. The van der Waals surface area contributed by atoms with Gasteiger partial charge in [-0.2, -0.15) is 0 Å². The zero-order valence-electron chi connectivity index (χ0n) is 9.21. The molecular weight excluding hydrogens is 228 g/mol. The summed E-state index contributed by atoms with van der Waals surface area (Å²) in [5.41, 5.74) is 0.830. The van der Waals surface area contributed by atoms with E-state index in [2.05, 4.69) is 0 Å². The highest BCUT2D eigenvalue weighted by Crippen LogP contribution is 2.05. The second kappa shape index (κ2) is 5.12. The zero-order valence-corrected chi connectivity index (χ0v) is 10.0. The van der Waals surface area contributed by atoms with Gasteiger partial charge in [-0.3, -0.25) is 4.79 Å². The molecule has 0 bridgehead atoms. The van der Waals surface area contributed by atoms with Crippen molar-refractivity contribution in [3.05, 3.63) is 35.9 Å². The highest BCUT2D eigenvalue weighted by Gasteiger charge is 2.24. The van der Waals surface area contributed by atoms with Crippen LogP contribution in [0.5, 0.6) is 0 Å². The number of benzene rings is 1.